The predicted molar refractivity (Wildman–Crippen MR) is 88.4 cm³/mol. The monoisotopic (exact) mass is 337 g/mol. The van der Waals surface area contributed by atoms with Crippen LogP contribution in [0.1, 0.15) is 12.7 Å². The van der Waals surface area contributed by atoms with E-state index in [-0.39, 0.29) is 0 Å². The van der Waals surface area contributed by atoms with Crippen molar-refractivity contribution in [3.05, 3.63) is 54.0 Å². The summed E-state index contributed by atoms with van der Waals surface area (Å²) < 4.78 is 32.2. The van der Waals surface area contributed by atoms with Gasteiger partial charge in [0.15, 0.2) is 0 Å². The van der Waals surface area contributed by atoms with Crippen molar-refractivity contribution in [2.75, 3.05) is 24.0 Å². The number of hydrazine groups is 1. The molecule has 1 aromatic heterocycles. The van der Waals surface area contributed by atoms with E-state index in [4.69, 9.17) is 4.42 Å². The average molecular weight is 337 g/mol. The molecular weight excluding hydrogens is 320 g/mol. The number of rotatable bonds is 6. The number of amidine groups is 1. The molecule has 1 aromatic carbocycles. The van der Waals surface area contributed by atoms with Crippen molar-refractivity contribution in [2.45, 2.75) is 12.7 Å². The number of hydrogen-bond acceptors (Lipinski definition) is 5. The van der Waals surface area contributed by atoms with Gasteiger partial charge in [0.25, 0.3) is 0 Å². The SMILES string of the molecule is CC1=NCN(CCSCc2ccco2)N1c1cc(F)cc(F)c1. The average Bonchev–Trinajstić information content (AvgIpc) is 3.12. The molecule has 1 aliphatic heterocycles. The van der Waals surface area contributed by atoms with Gasteiger partial charge in [-0.2, -0.15) is 16.8 Å². The Morgan fingerprint density at radius 2 is 2.04 bits per heavy atom. The summed E-state index contributed by atoms with van der Waals surface area (Å²) in [6.07, 6.45) is 1.66. The first-order valence-corrected chi connectivity index (χ1v) is 8.41. The summed E-state index contributed by atoms with van der Waals surface area (Å²) in [5.41, 5.74) is 0.456. The second kappa shape index (κ2) is 7.14. The van der Waals surface area contributed by atoms with E-state index in [1.165, 1.54) is 12.1 Å². The van der Waals surface area contributed by atoms with E-state index in [0.717, 1.165) is 35.7 Å². The third-order valence-electron chi connectivity index (χ3n) is 3.46. The molecule has 0 N–H and O–H groups in total. The van der Waals surface area contributed by atoms with Crippen LogP contribution in [0.4, 0.5) is 14.5 Å². The van der Waals surface area contributed by atoms with Crippen LogP contribution in [-0.4, -0.2) is 29.8 Å². The maximum absolute atomic E-state index is 13.5. The van der Waals surface area contributed by atoms with Gasteiger partial charge in [-0.1, -0.05) is 0 Å². The van der Waals surface area contributed by atoms with Crippen LogP contribution in [0.5, 0.6) is 0 Å². The normalized spacial score (nSPS) is 15.3. The molecule has 0 saturated carbocycles. The minimum absolute atomic E-state index is 0.456. The van der Waals surface area contributed by atoms with Gasteiger partial charge in [0.05, 0.1) is 17.7 Å². The third kappa shape index (κ3) is 3.92. The molecule has 2 heterocycles. The summed E-state index contributed by atoms with van der Waals surface area (Å²) >= 11 is 1.74. The Morgan fingerprint density at radius 1 is 1.26 bits per heavy atom. The van der Waals surface area contributed by atoms with Crippen LogP contribution in [0.2, 0.25) is 0 Å². The summed E-state index contributed by atoms with van der Waals surface area (Å²) in [6.45, 7) is 3.05. The number of benzene rings is 1. The van der Waals surface area contributed by atoms with E-state index in [1.807, 2.05) is 24.1 Å². The Bertz CT molecular complexity index is 670. The Morgan fingerprint density at radius 3 is 2.74 bits per heavy atom. The lowest BCUT2D eigenvalue weighted by Crippen LogP contribution is -2.42. The predicted octanol–water partition coefficient (Wildman–Crippen LogP) is 3.90. The lowest BCUT2D eigenvalue weighted by atomic mass is 10.3. The molecule has 0 bridgehead atoms. The molecule has 122 valence electrons. The molecular formula is C16H17F2N3OS. The van der Waals surface area contributed by atoms with E-state index in [2.05, 4.69) is 4.99 Å². The highest BCUT2D eigenvalue weighted by Crippen LogP contribution is 2.24. The maximum Gasteiger partial charge on any atom is 0.128 e. The molecule has 23 heavy (non-hydrogen) atoms. The number of hydrogen-bond donors (Lipinski definition) is 0. The van der Waals surface area contributed by atoms with Crippen LogP contribution >= 0.6 is 11.8 Å². The minimum atomic E-state index is -0.591. The van der Waals surface area contributed by atoms with Gasteiger partial charge in [0, 0.05) is 18.4 Å². The van der Waals surface area contributed by atoms with Crippen LogP contribution in [0.15, 0.2) is 46.0 Å². The van der Waals surface area contributed by atoms with E-state index in [0.29, 0.717) is 12.4 Å². The van der Waals surface area contributed by atoms with Crippen LogP contribution in [-0.2, 0) is 5.75 Å². The van der Waals surface area contributed by atoms with Gasteiger partial charge in [0.2, 0.25) is 0 Å². The topological polar surface area (TPSA) is 32.0 Å². The molecule has 0 radical (unpaired) electrons. The van der Waals surface area contributed by atoms with Crippen molar-refractivity contribution >= 4 is 23.3 Å². The van der Waals surface area contributed by atoms with Gasteiger partial charge < -0.3 is 4.42 Å². The fourth-order valence-electron chi connectivity index (χ4n) is 2.44. The molecule has 3 rings (SSSR count). The Kier molecular flexibility index (Phi) is 4.97. The number of thioether (sulfide) groups is 1. The molecule has 0 atom stereocenters. The summed E-state index contributed by atoms with van der Waals surface area (Å²) in [6, 6.07) is 7.31. The number of aliphatic imine (C=N–C) groups is 1. The smallest absolute Gasteiger partial charge is 0.128 e. The lowest BCUT2D eigenvalue weighted by molar-refractivity contribution is 0.335. The van der Waals surface area contributed by atoms with E-state index in [9.17, 15) is 8.78 Å². The second-order valence-corrected chi connectivity index (χ2v) is 6.25. The van der Waals surface area contributed by atoms with Crippen LogP contribution in [0.3, 0.4) is 0 Å². The molecule has 0 fully saturated rings. The number of anilines is 1. The Labute approximate surface area is 137 Å². The van der Waals surface area contributed by atoms with Gasteiger partial charge >= 0.3 is 0 Å². The molecule has 1 aliphatic rings. The minimum Gasteiger partial charge on any atom is -0.468 e. The standard InChI is InChI=1S/C16H17F2N3OS/c1-12-19-11-20(4-6-23-10-16-3-2-5-22-16)21(12)15-8-13(17)7-14(18)9-15/h2-3,5,7-9H,4,6,10-11H2,1H3. The first-order chi connectivity index (χ1) is 11.1. The molecule has 0 spiro atoms. The summed E-state index contributed by atoms with van der Waals surface area (Å²) in [4.78, 5) is 4.36. The van der Waals surface area contributed by atoms with E-state index in [1.54, 1.807) is 23.0 Å². The first-order valence-electron chi connectivity index (χ1n) is 7.26. The molecule has 2 aromatic rings. The quantitative estimate of drug-likeness (QED) is 0.748. The first kappa shape index (κ1) is 16.0. The highest BCUT2D eigenvalue weighted by molar-refractivity contribution is 7.98. The Balaban J connectivity index is 1.60. The summed E-state index contributed by atoms with van der Waals surface area (Å²) in [5, 5.41) is 3.73. The fraction of sp³-hybridized carbons (Fsp3) is 0.312. The molecule has 7 heteroatoms. The van der Waals surface area contributed by atoms with Gasteiger partial charge in [-0.3, -0.25) is 10.0 Å². The molecule has 0 aliphatic carbocycles. The van der Waals surface area contributed by atoms with E-state index < -0.39 is 11.6 Å². The highest BCUT2D eigenvalue weighted by Gasteiger charge is 2.24. The zero-order chi connectivity index (χ0) is 16.2. The third-order valence-corrected chi connectivity index (χ3v) is 4.42. The van der Waals surface area contributed by atoms with E-state index >= 15 is 0 Å². The molecule has 4 nitrogen and oxygen atoms in total. The number of nitrogens with zero attached hydrogens (tertiary/aromatic N) is 3. The molecule has 0 unspecified atom stereocenters. The van der Waals surface area contributed by atoms with Crippen molar-refractivity contribution in [3.8, 4) is 0 Å². The number of halogens is 2. The Hall–Kier alpha value is -1.86. The van der Waals surface area contributed by atoms with Crippen molar-refractivity contribution < 1.29 is 13.2 Å². The lowest BCUT2D eigenvalue weighted by Gasteiger charge is -2.29. The largest absolute Gasteiger partial charge is 0.468 e. The molecule has 0 amide bonds. The van der Waals surface area contributed by atoms with Gasteiger partial charge in [-0.25, -0.2) is 8.78 Å². The van der Waals surface area contributed by atoms with Crippen molar-refractivity contribution in [3.63, 3.8) is 0 Å². The van der Waals surface area contributed by atoms with Crippen LogP contribution in [0.25, 0.3) is 0 Å². The van der Waals surface area contributed by atoms with Gasteiger partial charge in [0.1, 0.15) is 29.9 Å². The van der Waals surface area contributed by atoms with Crippen LogP contribution < -0.4 is 5.01 Å². The second-order valence-electron chi connectivity index (χ2n) is 5.15. The van der Waals surface area contributed by atoms with Crippen LogP contribution in [0, 0.1) is 11.6 Å². The van der Waals surface area contributed by atoms with Crippen molar-refractivity contribution in [1.82, 2.24) is 5.01 Å². The zero-order valence-corrected chi connectivity index (χ0v) is 13.5. The van der Waals surface area contributed by atoms with Gasteiger partial charge in [-0.05, 0) is 31.2 Å². The van der Waals surface area contributed by atoms with Gasteiger partial charge in [-0.15, -0.1) is 0 Å². The highest BCUT2D eigenvalue weighted by atomic mass is 32.2. The maximum atomic E-state index is 13.5. The molecule has 0 saturated heterocycles. The zero-order valence-electron chi connectivity index (χ0n) is 12.7. The van der Waals surface area contributed by atoms with Crippen molar-refractivity contribution in [1.29, 1.82) is 0 Å². The number of furan rings is 1. The summed E-state index contributed by atoms with van der Waals surface area (Å²) in [5.74, 6) is 2.14. The van der Waals surface area contributed by atoms with Crippen molar-refractivity contribution in [2.24, 2.45) is 4.99 Å². The fourth-order valence-corrected chi connectivity index (χ4v) is 3.29. The summed E-state index contributed by atoms with van der Waals surface area (Å²) in [7, 11) is 0.